The largest absolute Gasteiger partial charge is 0.493 e. The van der Waals surface area contributed by atoms with Crippen molar-refractivity contribution in [3.63, 3.8) is 0 Å². The van der Waals surface area contributed by atoms with E-state index < -0.39 is 5.60 Å². The van der Waals surface area contributed by atoms with Gasteiger partial charge >= 0.3 is 0 Å². The van der Waals surface area contributed by atoms with Crippen LogP contribution in [-0.4, -0.2) is 30.7 Å². The van der Waals surface area contributed by atoms with E-state index in [1.807, 2.05) is 24.3 Å². The van der Waals surface area contributed by atoms with Crippen LogP contribution in [0, 0.1) is 0 Å². The zero-order chi connectivity index (χ0) is 22.1. The molecule has 0 saturated carbocycles. The maximum Gasteiger partial charge on any atom is 0.198 e. The molecule has 30 heavy (non-hydrogen) atoms. The van der Waals surface area contributed by atoms with Crippen molar-refractivity contribution < 1.29 is 19.4 Å². The highest BCUT2D eigenvalue weighted by Crippen LogP contribution is 2.44. The first-order valence-electron chi connectivity index (χ1n) is 11.4. The first kappa shape index (κ1) is 24.2. The summed E-state index contributed by atoms with van der Waals surface area (Å²) in [6.07, 6.45) is 10.1. The molecule has 1 aliphatic carbocycles. The van der Waals surface area contributed by atoms with E-state index in [-0.39, 0.29) is 5.78 Å². The van der Waals surface area contributed by atoms with Crippen LogP contribution in [0.5, 0.6) is 11.5 Å². The average molecular weight is 415 g/mol. The van der Waals surface area contributed by atoms with Gasteiger partial charge in [0.2, 0.25) is 0 Å². The van der Waals surface area contributed by atoms with E-state index in [4.69, 9.17) is 9.47 Å². The van der Waals surface area contributed by atoms with Crippen molar-refractivity contribution in [2.24, 2.45) is 0 Å². The standard InChI is InChI=1S/C26H38O4/c1-6-9-12-19(20-14-15-23(29-4)24(18-20)30-5)17-21-22(13-10-7-2)26(28,25(21)27)16-11-8-3/h14-15,17-18,28H,6-13,16H2,1-5H3/b19-17-. The first-order chi connectivity index (χ1) is 14.5. The summed E-state index contributed by atoms with van der Waals surface area (Å²) >= 11 is 0. The van der Waals surface area contributed by atoms with E-state index in [0.717, 1.165) is 68.1 Å². The molecule has 2 rings (SSSR count). The van der Waals surface area contributed by atoms with Gasteiger partial charge in [-0.15, -0.1) is 0 Å². The fourth-order valence-electron chi connectivity index (χ4n) is 4.08. The summed E-state index contributed by atoms with van der Waals surface area (Å²) in [4.78, 5) is 13.0. The van der Waals surface area contributed by atoms with Crippen molar-refractivity contribution in [1.82, 2.24) is 0 Å². The van der Waals surface area contributed by atoms with E-state index in [0.29, 0.717) is 23.5 Å². The van der Waals surface area contributed by atoms with Gasteiger partial charge in [0, 0.05) is 5.57 Å². The smallest absolute Gasteiger partial charge is 0.198 e. The molecule has 0 spiro atoms. The Morgan fingerprint density at radius 2 is 1.67 bits per heavy atom. The van der Waals surface area contributed by atoms with Crippen LogP contribution in [0.4, 0.5) is 0 Å². The monoisotopic (exact) mass is 414 g/mol. The van der Waals surface area contributed by atoms with Crippen LogP contribution in [0.1, 0.15) is 84.1 Å². The van der Waals surface area contributed by atoms with Crippen LogP contribution in [0.15, 0.2) is 35.4 Å². The number of ether oxygens (including phenoxy) is 2. The average Bonchev–Trinajstić information content (AvgIpc) is 2.78. The summed E-state index contributed by atoms with van der Waals surface area (Å²) in [6.45, 7) is 6.39. The number of methoxy groups -OCH3 is 2. The van der Waals surface area contributed by atoms with E-state index in [9.17, 15) is 9.90 Å². The zero-order valence-corrected chi connectivity index (χ0v) is 19.3. The van der Waals surface area contributed by atoms with Crippen molar-refractivity contribution in [3.8, 4) is 11.5 Å². The number of Topliss-reactive ketones (excluding diaryl/α,β-unsaturated/α-hetero) is 1. The Morgan fingerprint density at radius 3 is 2.27 bits per heavy atom. The Hall–Kier alpha value is -2.07. The SMILES string of the molecule is CCCCC1=C(/C=C(/CCCC)c2ccc(OC)c(OC)c2)C(=O)C1(O)CCCC. The van der Waals surface area contributed by atoms with Crippen molar-refractivity contribution >= 4 is 11.4 Å². The van der Waals surface area contributed by atoms with Crippen molar-refractivity contribution in [3.05, 3.63) is 41.0 Å². The number of benzene rings is 1. The summed E-state index contributed by atoms with van der Waals surface area (Å²) in [7, 11) is 3.26. The molecule has 4 nitrogen and oxygen atoms in total. The molecule has 1 N–H and O–H groups in total. The summed E-state index contributed by atoms with van der Waals surface area (Å²) in [5, 5.41) is 11.1. The number of hydrogen-bond donors (Lipinski definition) is 1. The minimum absolute atomic E-state index is 0.114. The topological polar surface area (TPSA) is 55.8 Å². The van der Waals surface area contributed by atoms with Gasteiger partial charge in [0.05, 0.1) is 14.2 Å². The molecule has 1 aromatic carbocycles. The molecule has 0 fully saturated rings. The fourth-order valence-corrected chi connectivity index (χ4v) is 4.08. The van der Waals surface area contributed by atoms with E-state index >= 15 is 0 Å². The molecule has 166 valence electrons. The van der Waals surface area contributed by atoms with Crippen LogP contribution in [0.2, 0.25) is 0 Å². The molecule has 1 unspecified atom stereocenters. The third-order valence-electron chi connectivity index (χ3n) is 5.99. The predicted molar refractivity (Wildman–Crippen MR) is 123 cm³/mol. The Balaban J connectivity index is 2.50. The van der Waals surface area contributed by atoms with Crippen LogP contribution in [0.3, 0.4) is 0 Å². The lowest BCUT2D eigenvalue weighted by Gasteiger charge is -2.40. The summed E-state index contributed by atoms with van der Waals surface area (Å²) in [5.41, 5.74) is 2.51. The molecule has 4 heteroatoms. The van der Waals surface area contributed by atoms with Crippen molar-refractivity contribution in [2.45, 2.75) is 84.2 Å². The van der Waals surface area contributed by atoms with Gasteiger partial charge < -0.3 is 14.6 Å². The van der Waals surface area contributed by atoms with Crippen molar-refractivity contribution in [1.29, 1.82) is 0 Å². The van der Waals surface area contributed by atoms with Crippen LogP contribution < -0.4 is 9.47 Å². The lowest BCUT2D eigenvalue weighted by molar-refractivity contribution is -0.134. The number of hydrogen-bond acceptors (Lipinski definition) is 4. The first-order valence-corrected chi connectivity index (χ1v) is 11.4. The Morgan fingerprint density at radius 1 is 1.00 bits per heavy atom. The molecule has 0 aromatic heterocycles. The number of unbranched alkanes of at least 4 members (excludes halogenated alkanes) is 3. The van der Waals surface area contributed by atoms with Gasteiger partial charge in [0.1, 0.15) is 5.60 Å². The van der Waals surface area contributed by atoms with Crippen LogP contribution in [0.25, 0.3) is 5.57 Å². The normalized spacial score (nSPS) is 19.1. The maximum atomic E-state index is 13.0. The lowest BCUT2D eigenvalue weighted by Crippen LogP contribution is -2.50. The van der Waals surface area contributed by atoms with Gasteiger partial charge in [-0.05, 0) is 67.0 Å². The molecule has 1 aromatic rings. The Kier molecular flexibility index (Phi) is 9.16. The third-order valence-corrected chi connectivity index (χ3v) is 5.99. The second kappa shape index (κ2) is 11.4. The summed E-state index contributed by atoms with van der Waals surface area (Å²) in [6, 6.07) is 5.89. The molecular formula is C26H38O4. The van der Waals surface area contributed by atoms with E-state index in [1.54, 1.807) is 14.2 Å². The van der Waals surface area contributed by atoms with Gasteiger partial charge in [-0.25, -0.2) is 0 Å². The fraction of sp³-hybridized carbons (Fsp3) is 0.577. The molecule has 1 aliphatic rings. The highest BCUT2D eigenvalue weighted by Gasteiger charge is 2.50. The van der Waals surface area contributed by atoms with E-state index in [1.165, 1.54) is 0 Å². The Bertz CT molecular complexity index is 790. The van der Waals surface area contributed by atoms with Gasteiger partial charge in [0.15, 0.2) is 17.3 Å². The second-order valence-corrected chi connectivity index (χ2v) is 8.13. The molecule has 0 saturated heterocycles. The molecule has 0 bridgehead atoms. The third kappa shape index (κ3) is 5.15. The number of carbonyl (C=O) groups excluding carboxylic acids is 1. The van der Waals surface area contributed by atoms with E-state index in [2.05, 4.69) is 20.8 Å². The lowest BCUT2D eigenvalue weighted by atomic mass is 9.67. The number of rotatable bonds is 13. The van der Waals surface area contributed by atoms with Gasteiger partial charge in [-0.2, -0.15) is 0 Å². The minimum atomic E-state index is -1.26. The number of carbonyl (C=O) groups is 1. The zero-order valence-electron chi connectivity index (χ0n) is 19.3. The van der Waals surface area contributed by atoms with Gasteiger partial charge in [-0.3, -0.25) is 4.79 Å². The van der Waals surface area contributed by atoms with Crippen LogP contribution in [-0.2, 0) is 4.79 Å². The van der Waals surface area contributed by atoms with Crippen molar-refractivity contribution in [2.75, 3.05) is 14.2 Å². The molecular weight excluding hydrogens is 376 g/mol. The summed E-state index contributed by atoms with van der Waals surface area (Å²) < 4.78 is 10.8. The molecule has 1 atom stereocenters. The molecule has 0 amide bonds. The molecule has 0 radical (unpaired) electrons. The Labute approximate surface area is 182 Å². The number of ketones is 1. The maximum absolute atomic E-state index is 13.0. The highest BCUT2D eigenvalue weighted by atomic mass is 16.5. The number of allylic oxidation sites excluding steroid dienone is 2. The second-order valence-electron chi connectivity index (χ2n) is 8.13. The quantitative estimate of drug-likeness (QED) is 0.413. The van der Waals surface area contributed by atoms with Gasteiger partial charge in [0.25, 0.3) is 0 Å². The van der Waals surface area contributed by atoms with Crippen LogP contribution >= 0.6 is 0 Å². The number of aliphatic hydroxyl groups is 1. The molecule has 0 aliphatic heterocycles. The van der Waals surface area contributed by atoms with Gasteiger partial charge in [-0.1, -0.05) is 52.5 Å². The highest BCUT2D eigenvalue weighted by molar-refractivity contribution is 6.15. The molecule has 0 heterocycles. The minimum Gasteiger partial charge on any atom is -0.493 e. The predicted octanol–water partition coefficient (Wildman–Crippen LogP) is 6.27. The summed E-state index contributed by atoms with van der Waals surface area (Å²) in [5.74, 6) is 1.25.